The number of hydrogen-bond donors (Lipinski definition) is 1. The largest absolute Gasteiger partial charge is 0.419 e. The van der Waals surface area contributed by atoms with Crippen LogP contribution in [0.5, 0.6) is 0 Å². The summed E-state index contributed by atoms with van der Waals surface area (Å²) in [6.45, 7) is 4.76. The Balaban J connectivity index is 1.57. The van der Waals surface area contributed by atoms with Crippen molar-refractivity contribution >= 4 is 11.9 Å². The van der Waals surface area contributed by atoms with Gasteiger partial charge < -0.3 is 10.2 Å². The lowest BCUT2D eigenvalue weighted by Crippen LogP contribution is -2.51. The van der Waals surface area contributed by atoms with Gasteiger partial charge in [-0.25, -0.2) is 15.0 Å². The highest BCUT2D eigenvalue weighted by Crippen LogP contribution is 2.30. The van der Waals surface area contributed by atoms with E-state index in [0.717, 1.165) is 30.9 Å². The van der Waals surface area contributed by atoms with Gasteiger partial charge in [0.15, 0.2) is 0 Å². The van der Waals surface area contributed by atoms with Crippen molar-refractivity contribution in [2.24, 2.45) is 5.92 Å². The van der Waals surface area contributed by atoms with Crippen LogP contribution in [0.1, 0.15) is 41.5 Å². The van der Waals surface area contributed by atoms with Gasteiger partial charge in [-0.2, -0.15) is 13.2 Å². The van der Waals surface area contributed by atoms with Crippen LogP contribution in [0.4, 0.5) is 19.1 Å². The number of carbonyl (C=O) groups excluding carboxylic acids is 1. The minimum atomic E-state index is -4.49. The number of rotatable bonds is 5. The first-order valence-corrected chi connectivity index (χ1v) is 11.1. The van der Waals surface area contributed by atoms with Crippen molar-refractivity contribution in [2.75, 3.05) is 18.4 Å². The van der Waals surface area contributed by atoms with Gasteiger partial charge in [-0.3, -0.25) is 9.78 Å². The Bertz CT molecular complexity index is 1140. The molecule has 0 bridgehead atoms. The van der Waals surface area contributed by atoms with Crippen LogP contribution < -0.4 is 5.32 Å². The standard InChI is InChI=1S/C24H25F3N6O/c1-15-6-5-11-33(20(15)14-31-23-29-12-17(13-30-23)24(25,26)27)22(34)21-18(9-8-16(2)32-21)19-7-3-4-10-28-19/h3-4,7-10,12-13,15,20H,5-6,11,14H2,1-2H3,(H,29,30,31). The minimum Gasteiger partial charge on any atom is -0.352 e. The molecule has 4 heterocycles. The van der Waals surface area contributed by atoms with Crippen molar-refractivity contribution in [3.05, 3.63) is 65.9 Å². The molecule has 1 aliphatic rings. The summed E-state index contributed by atoms with van der Waals surface area (Å²) in [5.74, 6) is 0.0554. The lowest BCUT2D eigenvalue weighted by molar-refractivity contribution is -0.138. The number of nitrogens with one attached hydrogen (secondary N) is 1. The molecule has 4 rings (SSSR count). The van der Waals surface area contributed by atoms with Crippen LogP contribution in [0, 0.1) is 12.8 Å². The van der Waals surface area contributed by atoms with E-state index in [-0.39, 0.29) is 23.8 Å². The lowest BCUT2D eigenvalue weighted by atomic mass is 9.90. The number of halogens is 3. The number of anilines is 1. The number of piperidine rings is 1. The number of hydrogen-bond acceptors (Lipinski definition) is 6. The maximum absolute atomic E-state index is 13.7. The summed E-state index contributed by atoms with van der Waals surface area (Å²) >= 11 is 0. The van der Waals surface area contributed by atoms with E-state index in [4.69, 9.17) is 0 Å². The fraction of sp³-hybridized carbons (Fsp3) is 0.375. The molecule has 0 aromatic carbocycles. The van der Waals surface area contributed by atoms with Crippen molar-refractivity contribution in [1.29, 1.82) is 0 Å². The van der Waals surface area contributed by atoms with Gasteiger partial charge in [-0.05, 0) is 49.9 Å². The number of alkyl halides is 3. The van der Waals surface area contributed by atoms with Crippen LogP contribution in [-0.4, -0.2) is 49.9 Å². The molecular formula is C24H25F3N6O. The highest BCUT2D eigenvalue weighted by atomic mass is 19.4. The molecule has 1 aliphatic heterocycles. The normalized spacial score (nSPS) is 18.6. The molecule has 1 amide bonds. The van der Waals surface area contributed by atoms with E-state index in [1.807, 2.05) is 37.3 Å². The predicted octanol–water partition coefficient (Wildman–Crippen LogP) is 4.61. The zero-order valence-corrected chi connectivity index (χ0v) is 18.9. The maximum atomic E-state index is 13.7. The van der Waals surface area contributed by atoms with Crippen LogP contribution in [0.25, 0.3) is 11.3 Å². The smallest absolute Gasteiger partial charge is 0.352 e. The Morgan fingerprint density at radius 1 is 1.15 bits per heavy atom. The minimum absolute atomic E-state index is 0.0843. The third-order valence-electron chi connectivity index (χ3n) is 6.00. The molecule has 34 heavy (non-hydrogen) atoms. The topological polar surface area (TPSA) is 83.9 Å². The quantitative estimate of drug-likeness (QED) is 0.586. The van der Waals surface area contributed by atoms with Crippen LogP contribution in [0.15, 0.2) is 48.9 Å². The van der Waals surface area contributed by atoms with Crippen molar-refractivity contribution in [1.82, 2.24) is 24.8 Å². The number of amides is 1. The molecule has 1 N–H and O–H groups in total. The fourth-order valence-corrected chi connectivity index (χ4v) is 4.16. The van der Waals surface area contributed by atoms with Gasteiger partial charge in [0.25, 0.3) is 5.91 Å². The van der Waals surface area contributed by atoms with Gasteiger partial charge in [0.1, 0.15) is 5.69 Å². The van der Waals surface area contributed by atoms with Crippen LogP contribution in [0.3, 0.4) is 0 Å². The number of aryl methyl sites for hydroxylation is 1. The van der Waals surface area contributed by atoms with E-state index < -0.39 is 11.7 Å². The highest BCUT2D eigenvalue weighted by Gasteiger charge is 2.35. The first-order valence-electron chi connectivity index (χ1n) is 11.1. The van der Waals surface area contributed by atoms with Gasteiger partial charge in [-0.1, -0.05) is 13.0 Å². The molecule has 0 saturated carbocycles. The molecule has 178 valence electrons. The second-order valence-corrected chi connectivity index (χ2v) is 8.42. The zero-order chi connectivity index (χ0) is 24.3. The number of aromatic nitrogens is 4. The van der Waals surface area contributed by atoms with Crippen LogP contribution >= 0.6 is 0 Å². The second kappa shape index (κ2) is 9.74. The van der Waals surface area contributed by atoms with E-state index in [9.17, 15) is 18.0 Å². The number of nitrogens with zero attached hydrogens (tertiary/aromatic N) is 5. The van der Waals surface area contributed by atoms with E-state index in [1.165, 1.54) is 0 Å². The highest BCUT2D eigenvalue weighted by molar-refractivity contribution is 5.99. The first kappa shape index (κ1) is 23.6. The second-order valence-electron chi connectivity index (χ2n) is 8.42. The molecule has 0 aliphatic carbocycles. The van der Waals surface area contributed by atoms with Crippen molar-refractivity contribution in [3.63, 3.8) is 0 Å². The Labute approximate surface area is 195 Å². The molecule has 1 fully saturated rings. The lowest BCUT2D eigenvalue weighted by Gasteiger charge is -2.40. The number of likely N-dealkylation sites (tertiary alicyclic amines) is 1. The summed E-state index contributed by atoms with van der Waals surface area (Å²) in [4.78, 5) is 32.0. The third-order valence-corrected chi connectivity index (χ3v) is 6.00. The van der Waals surface area contributed by atoms with Gasteiger partial charge >= 0.3 is 6.18 Å². The van der Waals surface area contributed by atoms with Gasteiger partial charge in [0, 0.05) is 42.9 Å². The van der Waals surface area contributed by atoms with Crippen LogP contribution in [-0.2, 0) is 6.18 Å². The number of pyridine rings is 2. The Kier molecular flexibility index (Phi) is 6.76. The molecule has 0 radical (unpaired) electrons. The van der Waals surface area contributed by atoms with E-state index in [0.29, 0.717) is 30.0 Å². The predicted molar refractivity (Wildman–Crippen MR) is 121 cm³/mol. The summed E-state index contributed by atoms with van der Waals surface area (Å²) in [6.07, 6.45) is 0.453. The molecule has 2 unspecified atom stereocenters. The number of carbonyl (C=O) groups is 1. The zero-order valence-electron chi connectivity index (χ0n) is 18.9. The molecule has 3 aromatic rings. The summed E-state index contributed by atoms with van der Waals surface area (Å²) in [6, 6.07) is 9.00. The van der Waals surface area contributed by atoms with Crippen molar-refractivity contribution in [3.8, 4) is 11.3 Å². The summed E-state index contributed by atoms with van der Waals surface area (Å²) in [5, 5.41) is 3.00. The van der Waals surface area contributed by atoms with E-state index >= 15 is 0 Å². The molecule has 7 nitrogen and oxygen atoms in total. The molecule has 10 heteroatoms. The van der Waals surface area contributed by atoms with E-state index in [2.05, 4.69) is 32.2 Å². The Morgan fingerprint density at radius 3 is 2.59 bits per heavy atom. The molecule has 1 saturated heterocycles. The van der Waals surface area contributed by atoms with E-state index in [1.54, 1.807) is 11.1 Å². The average molecular weight is 470 g/mol. The van der Waals surface area contributed by atoms with Gasteiger partial charge in [-0.15, -0.1) is 0 Å². The Hall–Kier alpha value is -3.56. The maximum Gasteiger partial charge on any atom is 0.419 e. The van der Waals surface area contributed by atoms with Gasteiger partial charge in [0.05, 0.1) is 17.3 Å². The average Bonchev–Trinajstić information content (AvgIpc) is 2.83. The Morgan fingerprint density at radius 2 is 1.91 bits per heavy atom. The SMILES string of the molecule is Cc1ccc(-c2ccccn2)c(C(=O)N2CCCC(C)C2CNc2ncc(C(F)(F)F)cn2)n1. The molecule has 3 aromatic heterocycles. The summed E-state index contributed by atoms with van der Waals surface area (Å²) in [7, 11) is 0. The molecule has 2 atom stereocenters. The van der Waals surface area contributed by atoms with Crippen molar-refractivity contribution < 1.29 is 18.0 Å². The summed E-state index contributed by atoms with van der Waals surface area (Å²) < 4.78 is 38.3. The monoisotopic (exact) mass is 470 g/mol. The van der Waals surface area contributed by atoms with Crippen LogP contribution in [0.2, 0.25) is 0 Å². The molecular weight excluding hydrogens is 445 g/mol. The third kappa shape index (κ3) is 5.16. The van der Waals surface area contributed by atoms with Crippen molar-refractivity contribution in [2.45, 2.75) is 38.9 Å². The summed E-state index contributed by atoms with van der Waals surface area (Å²) in [5.41, 5.74) is 1.47. The fourth-order valence-electron chi connectivity index (χ4n) is 4.16. The first-order chi connectivity index (χ1) is 16.2. The van der Waals surface area contributed by atoms with Gasteiger partial charge in [0.2, 0.25) is 5.95 Å². The molecule has 0 spiro atoms.